The van der Waals surface area contributed by atoms with E-state index in [4.69, 9.17) is 11.5 Å². The lowest BCUT2D eigenvalue weighted by Gasteiger charge is -2.20. The van der Waals surface area contributed by atoms with Crippen LogP contribution >= 0.6 is 23.1 Å². The molecule has 0 amide bonds. The topological polar surface area (TPSA) is 194 Å². The van der Waals surface area contributed by atoms with Crippen molar-refractivity contribution in [1.82, 2.24) is 19.7 Å². The molecule has 0 saturated carbocycles. The molecule has 0 fully saturated rings. The summed E-state index contributed by atoms with van der Waals surface area (Å²) in [5, 5.41) is 5.27. The monoisotopic (exact) mass is 562 g/mol. The van der Waals surface area contributed by atoms with Crippen LogP contribution in [0.5, 0.6) is 0 Å². The van der Waals surface area contributed by atoms with E-state index in [-0.39, 0.29) is 21.7 Å². The van der Waals surface area contributed by atoms with Gasteiger partial charge in [0.15, 0.2) is 5.96 Å². The molecule has 0 saturated heterocycles. The molecular weight excluding hydrogens is 533 g/mol. The second kappa shape index (κ2) is 12.0. The molecule has 0 aliphatic rings. The summed E-state index contributed by atoms with van der Waals surface area (Å²) in [6.07, 6.45) is 0. The highest BCUT2D eigenvalue weighted by Crippen LogP contribution is 2.21. The zero-order valence-electron chi connectivity index (χ0n) is 19.8. The Morgan fingerprint density at radius 3 is 2.40 bits per heavy atom. The fourth-order valence-electron chi connectivity index (χ4n) is 2.56. The van der Waals surface area contributed by atoms with Gasteiger partial charge in [0.2, 0.25) is 21.1 Å². The Labute approximate surface area is 214 Å². The maximum absolute atomic E-state index is 12.8. The second-order valence-corrected chi connectivity index (χ2v) is 13.5. The van der Waals surface area contributed by atoms with Crippen LogP contribution in [0.25, 0.3) is 0 Å². The van der Waals surface area contributed by atoms with Crippen molar-refractivity contribution in [3.8, 4) is 0 Å². The van der Waals surface area contributed by atoms with Crippen LogP contribution in [0.4, 0.5) is 5.13 Å². The smallest absolute Gasteiger partial charge is 0.264 e. The number of sulfonamides is 2. The number of nitrogens with two attached hydrogens (primary N) is 2. The lowest BCUT2D eigenvalue weighted by atomic mass is 10.1. The highest BCUT2D eigenvalue weighted by molar-refractivity contribution is 7.98. The molecule has 1 aromatic carbocycles. The SMILES string of the molecule is CN=C(NCCSCc1csc(N=C(N)N)n1)NS(=O)(=O)c1cccc(S(=O)(=O)NC(C)(C)C)c1. The van der Waals surface area contributed by atoms with Gasteiger partial charge in [-0.15, -0.1) is 11.3 Å². The number of thiazole rings is 1. The third-order valence-corrected chi connectivity index (χ3v) is 8.74. The van der Waals surface area contributed by atoms with E-state index in [1.807, 2.05) is 5.38 Å². The molecule has 0 unspecified atom stereocenters. The fourth-order valence-corrected chi connectivity index (χ4v) is 6.73. The van der Waals surface area contributed by atoms with Crippen LogP contribution in [0, 0.1) is 0 Å². The quantitative estimate of drug-likeness (QED) is 0.159. The van der Waals surface area contributed by atoms with Crippen LogP contribution in [0.3, 0.4) is 0 Å². The molecule has 194 valence electrons. The highest BCUT2D eigenvalue weighted by atomic mass is 32.2. The first-order valence-corrected chi connectivity index (χ1v) is 15.2. The van der Waals surface area contributed by atoms with Gasteiger partial charge >= 0.3 is 0 Å². The number of aromatic nitrogens is 1. The number of guanidine groups is 2. The molecule has 1 heterocycles. The van der Waals surface area contributed by atoms with E-state index in [0.29, 0.717) is 23.2 Å². The zero-order valence-corrected chi connectivity index (χ0v) is 23.0. The minimum Gasteiger partial charge on any atom is -0.370 e. The molecule has 16 heteroatoms. The van der Waals surface area contributed by atoms with Crippen LogP contribution in [-0.4, -0.2) is 58.6 Å². The van der Waals surface area contributed by atoms with Gasteiger partial charge < -0.3 is 16.8 Å². The molecule has 12 nitrogen and oxygen atoms in total. The summed E-state index contributed by atoms with van der Waals surface area (Å²) in [7, 11) is -6.54. The van der Waals surface area contributed by atoms with Crippen molar-refractivity contribution < 1.29 is 16.8 Å². The first kappa shape index (κ1) is 28.8. The Balaban J connectivity index is 1.94. The lowest BCUT2D eigenvalue weighted by Crippen LogP contribution is -2.42. The lowest BCUT2D eigenvalue weighted by molar-refractivity contribution is 0.491. The molecule has 35 heavy (non-hydrogen) atoms. The third-order valence-electron chi connectivity index (χ3n) is 3.87. The molecule has 2 rings (SSSR count). The number of nitrogens with one attached hydrogen (secondary N) is 3. The third kappa shape index (κ3) is 9.64. The minimum atomic E-state index is -4.07. The first-order chi connectivity index (χ1) is 16.2. The Hall–Kier alpha value is -2.40. The van der Waals surface area contributed by atoms with Gasteiger partial charge in [0.05, 0.1) is 15.5 Å². The zero-order chi connectivity index (χ0) is 26.3. The second-order valence-electron chi connectivity index (χ2n) is 8.15. The predicted molar refractivity (Wildman–Crippen MR) is 142 cm³/mol. The fraction of sp³-hybridized carbons (Fsp3) is 0.421. The van der Waals surface area contributed by atoms with Gasteiger partial charge in [0, 0.05) is 36.0 Å². The molecule has 0 bridgehead atoms. The largest absolute Gasteiger partial charge is 0.370 e. The van der Waals surface area contributed by atoms with E-state index in [2.05, 4.69) is 29.7 Å². The van der Waals surface area contributed by atoms with E-state index in [0.717, 1.165) is 11.8 Å². The Bertz CT molecular complexity index is 1280. The number of rotatable bonds is 10. The molecule has 0 radical (unpaired) electrons. The number of aliphatic imine (C=N–C) groups is 2. The van der Waals surface area contributed by atoms with Crippen LogP contribution < -0.4 is 26.2 Å². The summed E-state index contributed by atoms with van der Waals surface area (Å²) in [5.41, 5.74) is 10.8. The Morgan fingerprint density at radius 1 is 1.14 bits per heavy atom. The predicted octanol–water partition coefficient (Wildman–Crippen LogP) is 0.912. The van der Waals surface area contributed by atoms with E-state index in [1.54, 1.807) is 32.5 Å². The summed E-state index contributed by atoms with van der Waals surface area (Å²) < 4.78 is 55.7. The maximum atomic E-state index is 12.8. The molecule has 0 aliphatic carbocycles. The van der Waals surface area contributed by atoms with Gasteiger partial charge in [-0.2, -0.15) is 16.8 Å². The summed E-state index contributed by atoms with van der Waals surface area (Å²) in [5.74, 6) is 1.26. The van der Waals surface area contributed by atoms with Gasteiger partial charge in [0.25, 0.3) is 10.0 Å². The molecule has 1 aromatic heterocycles. The molecule has 0 aliphatic heterocycles. The molecular formula is C19H30N8O4S4. The van der Waals surface area contributed by atoms with Gasteiger partial charge in [-0.1, -0.05) is 6.07 Å². The number of thioether (sulfide) groups is 1. The Kier molecular flexibility index (Phi) is 9.91. The van der Waals surface area contributed by atoms with Crippen molar-refractivity contribution in [3.05, 3.63) is 35.3 Å². The summed E-state index contributed by atoms with van der Waals surface area (Å²) in [6, 6.07) is 5.12. The van der Waals surface area contributed by atoms with Crippen LogP contribution in [0.1, 0.15) is 26.5 Å². The highest BCUT2D eigenvalue weighted by Gasteiger charge is 2.24. The maximum Gasteiger partial charge on any atom is 0.264 e. The van der Waals surface area contributed by atoms with E-state index < -0.39 is 25.6 Å². The van der Waals surface area contributed by atoms with E-state index in [9.17, 15) is 16.8 Å². The summed E-state index contributed by atoms with van der Waals surface area (Å²) in [6.45, 7) is 5.51. The van der Waals surface area contributed by atoms with Crippen LogP contribution in [-0.2, 0) is 25.8 Å². The number of hydrogen-bond acceptors (Lipinski definition) is 9. The molecule has 7 N–H and O–H groups in total. The van der Waals surface area contributed by atoms with Crippen molar-refractivity contribution in [2.24, 2.45) is 21.5 Å². The van der Waals surface area contributed by atoms with Crippen LogP contribution in [0.15, 0.2) is 49.4 Å². The molecule has 0 atom stereocenters. The van der Waals surface area contributed by atoms with Crippen molar-refractivity contribution >= 4 is 60.2 Å². The standard InChI is InChI=1S/C19H30N8O4S4/c1-19(2,3)27-35(30,31)15-7-5-6-14(10-15)34(28,29)26-17(22-4)23-8-9-32-11-13-12-33-18(24-13)25-16(20)21/h5-7,10,12,27H,8-9,11H2,1-4H3,(H2,22,23,26)(H4,20,21,24,25). The van der Waals surface area contributed by atoms with Crippen molar-refractivity contribution in [1.29, 1.82) is 0 Å². The van der Waals surface area contributed by atoms with Gasteiger partial charge in [-0.3, -0.25) is 4.99 Å². The minimum absolute atomic E-state index is 0.0374. The number of hydrogen-bond donors (Lipinski definition) is 5. The average Bonchev–Trinajstić information content (AvgIpc) is 3.17. The van der Waals surface area contributed by atoms with Gasteiger partial charge in [0.1, 0.15) is 0 Å². The molecule has 2 aromatic rings. The van der Waals surface area contributed by atoms with Crippen molar-refractivity contribution in [2.45, 2.75) is 41.9 Å². The van der Waals surface area contributed by atoms with E-state index >= 15 is 0 Å². The van der Waals surface area contributed by atoms with E-state index in [1.165, 1.54) is 36.6 Å². The normalized spacial score (nSPS) is 12.9. The summed E-state index contributed by atoms with van der Waals surface area (Å²) >= 11 is 2.91. The van der Waals surface area contributed by atoms with Gasteiger partial charge in [-0.25, -0.2) is 31.3 Å². The number of benzene rings is 1. The van der Waals surface area contributed by atoms with Crippen LogP contribution in [0.2, 0.25) is 0 Å². The first-order valence-electron chi connectivity index (χ1n) is 10.2. The summed E-state index contributed by atoms with van der Waals surface area (Å²) in [4.78, 5) is 11.8. The van der Waals surface area contributed by atoms with Crippen molar-refractivity contribution in [3.63, 3.8) is 0 Å². The van der Waals surface area contributed by atoms with Gasteiger partial charge in [-0.05, 0) is 39.0 Å². The Morgan fingerprint density at radius 2 is 1.80 bits per heavy atom. The van der Waals surface area contributed by atoms with Crippen molar-refractivity contribution in [2.75, 3.05) is 19.3 Å². The number of nitrogens with zero attached hydrogens (tertiary/aromatic N) is 3. The average molecular weight is 563 g/mol. The molecule has 0 spiro atoms.